The Morgan fingerprint density at radius 1 is 1.43 bits per heavy atom. The summed E-state index contributed by atoms with van der Waals surface area (Å²) < 4.78 is 5.19. The maximum atomic E-state index is 12.2. The lowest BCUT2D eigenvalue weighted by Crippen LogP contribution is -2.27. The number of amides is 1. The van der Waals surface area contributed by atoms with Crippen LogP contribution in [-0.2, 0) is 0 Å². The molecule has 2 unspecified atom stereocenters. The lowest BCUT2D eigenvalue weighted by Gasteiger charge is -2.14. The molecule has 1 heterocycles. The Hall–Kier alpha value is -1.92. The summed E-state index contributed by atoms with van der Waals surface area (Å²) >= 11 is 1.40. The molecule has 0 aliphatic carbocycles. The maximum absolute atomic E-state index is 12.2. The SMILES string of the molecule is COc1cccc(C(C)NC(=O)c2csc(C(C)N)n2)c1. The van der Waals surface area contributed by atoms with Gasteiger partial charge in [0.15, 0.2) is 0 Å². The van der Waals surface area contributed by atoms with Gasteiger partial charge in [-0.25, -0.2) is 4.98 Å². The Bertz CT molecular complexity index is 625. The quantitative estimate of drug-likeness (QED) is 0.890. The summed E-state index contributed by atoms with van der Waals surface area (Å²) in [5, 5.41) is 5.41. The third-order valence-corrected chi connectivity index (χ3v) is 4.13. The van der Waals surface area contributed by atoms with Gasteiger partial charge in [0.1, 0.15) is 16.5 Å². The zero-order chi connectivity index (χ0) is 15.4. The fraction of sp³-hybridized carbons (Fsp3) is 0.333. The molecule has 2 rings (SSSR count). The van der Waals surface area contributed by atoms with Gasteiger partial charge < -0.3 is 15.8 Å². The number of nitrogens with one attached hydrogen (secondary N) is 1. The zero-order valence-electron chi connectivity index (χ0n) is 12.3. The molecule has 1 amide bonds. The van der Waals surface area contributed by atoms with Crippen LogP contribution in [-0.4, -0.2) is 18.0 Å². The number of aromatic nitrogens is 1. The van der Waals surface area contributed by atoms with E-state index >= 15 is 0 Å². The molecule has 0 radical (unpaired) electrons. The number of hydrogen-bond acceptors (Lipinski definition) is 5. The van der Waals surface area contributed by atoms with Crippen LogP contribution in [0.5, 0.6) is 5.75 Å². The van der Waals surface area contributed by atoms with E-state index in [2.05, 4.69) is 10.3 Å². The Morgan fingerprint density at radius 2 is 2.19 bits per heavy atom. The van der Waals surface area contributed by atoms with Gasteiger partial charge in [0.25, 0.3) is 5.91 Å². The van der Waals surface area contributed by atoms with E-state index in [0.717, 1.165) is 16.3 Å². The fourth-order valence-electron chi connectivity index (χ4n) is 1.87. The largest absolute Gasteiger partial charge is 0.497 e. The van der Waals surface area contributed by atoms with Crippen molar-refractivity contribution in [3.63, 3.8) is 0 Å². The van der Waals surface area contributed by atoms with Crippen LogP contribution in [0.4, 0.5) is 0 Å². The number of rotatable bonds is 5. The molecule has 1 aromatic carbocycles. The second-order valence-corrected chi connectivity index (χ2v) is 5.72. The van der Waals surface area contributed by atoms with Crippen molar-refractivity contribution in [3.8, 4) is 5.75 Å². The van der Waals surface area contributed by atoms with Crippen LogP contribution in [0.3, 0.4) is 0 Å². The van der Waals surface area contributed by atoms with Crippen molar-refractivity contribution in [2.75, 3.05) is 7.11 Å². The number of ether oxygens (including phenoxy) is 1. The first-order valence-corrected chi connectivity index (χ1v) is 7.55. The molecule has 112 valence electrons. The number of benzene rings is 1. The number of thiazole rings is 1. The van der Waals surface area contributed by atoms with Crippen LogP contribution in [0.1, 0.15) is 47.0 Å². The molecular weight excluding hydrogens is 286 g/mol. The van der Waals surface area contributed by atoms with Gasteiger partial charge in [0.2, 0.25) is 0 Å². The standard InChI is InChI=1S/C15H19N3O2S/c1-9(16)15-18-13(8-21-15)14(19)17-10(2)11-5-4-6-12(7-11)20-3/h4-10H,16H2,1-3H3,(H,17,19). The third kappa shape index (κ3) is 3.80. The molecule has 5 nitrogen and oxygen atoms in total. The number of nitrogens with zero attached hydrogens (tertiary/aromatic N) is 1. The van der Waals surface area contributed by atoms with E-state index in [4.69, 9.17) is 10.5 Å². The molecular formula is C15H19N3O2S. The predicted molar refractivity (Wildman–Crippen MR) is 83.6 cm³/mol. The monoisotopic (exact) mass is 305 g/mol. The number of carbonyl (C=O) groups is 1. The van der Waals surface area contributed by atoms with Crippen LogP contribution >= 0.6 is 11.3 Å². The number of carbonyl (C=O) groups excluding carboxylic acids is 1. The minimum Gasteiger partial charge on any atom is -0.497 e. The van der Waals surface area contributed by atoms with Crippen molar-refractivity contribution in [3.05, 3.63) is 45.9 Å². The second kappa shape index (κ2) is 6.69. The molecule has 0 saturated heterocycles. The first-order valence-electron chi connectivity index (χ1n) is 6.67. The lowest BCUT2D eigenvalue weighted by atomic mass is 10.1. The Balaban J connectivity index is 2.07. The van der Waals surface area contributed by atoms with E-state index in [1.807, 2.05) is 38.1 Å². The van der Waals surface area contributed by atoms with Crippen molar-refractivity contribution >= 4 is 17.2 Å². The molecule has 2 aromatic rings. The minimum absolute atomic E-state index is 0.131. The smallest absolute Gasteiger partial charge is 0.271 e. The molecule has 21 heavy (non-hydrogen) atoms. The second-order valence-electron chi connectivity index (χ2n) is 4.83. The average Bonchev–Trinajstić information content (AvgIpc) is 2.97. The lowest BCUT2D eigenvalue weighted by molar-refractivity contribution is 0.0935. The van der Waals surface area contributed by atoms with Gasteiger partial charge in [0.05, 0.1) is 19.2 Å². The van der Waals surface area contributed by atoms with E-state index in [1.165, 1.54) is 11.3 Å². The fourth-order valence-corrected chi connectivity index (χ4v) is 2.62. The van der Waals surface area contributed by atoms with Crippen LogP contribution in [0.15, 0.2) is 29.6 Å². The van der Waals surface area contributed by atoms with E-state index in [0.29, 0.717) is 5.69 Å². The highest BCUT2D eigenvalue weighted by Crippen LogP contribution is 2.20. The first kappa shape index (κ1) is 15.5. The molecule has 2 atom stereocenters. The van der Waals surface area contributed by atoms with Gasteiger partial charge in [-0.2, -0.15) is 0 Å². The van der Waals surface area contributed by atoms with Gasteiger partial charge in [-0.3, -0.25) is 4.79 Å². The molecule has 0 bridgehead atoms. The topological polar surface area (TPSA) is 77.2 Å². The molecule has 0 fully saturated rings. The summed E-state index contributed by atoms with van der Waals surface area (Å²) in [6, 6.07) is 7.32. The molecule has 3 N–H and O–H groups in total. The van der Waals surface area contributed by atoms with E-state index < -0.39 is 0 Å². The zero-order valence-corrected chi connectivity index (χ0v) is 13.1. The van der Waals surface area contributed by atoms with Crippen LogP contribution < -0.4 is 15.8 Å². The first-order chi connectivity index (χ1) is 10.0. The van der Waals surface area contributed by atoms with Crippen molar-refractivity contribution in [1.82, 2.24) is 10.3 Å². The van der Waals surface area contributed by atoms with Crippen molar-refractivity contribution in [2.45, 2.75) is 25.9 Å². The molecule has 1 aromatic heterocycles. The third-order valence-electron chi connectivity index (χ3n) is 3.09. The Morgan fingerprint density at radius 3 is 2.81 bits per heavy atom. The summed E-state index contributed by atoms with van der Waals surface area (Å²) in [5.74, 6) is 0.565. The Labute approximate surface area is 128 Å². The van der Waals surface area contributed by atoms with Crippen LogP contribution in [0, 0.1) is 0 Å². The van der Waals surface area contributed by atoms with E-state index in [-0.39, 0.29) is 18.0 Å². The summed E-state index contributed by atoms with van der Waals surface area (Å²) in [6.07, 6.45) is 0. The number of nitrogens with two attached hydrogens (primary N) is 1. The van der Waals surface area contributed by atoms with E-state index in [1.54, 1.807) is 12.5 Å². The molecule has 0 aliphatic heterocycles. The minimum atomic E-state index is -0.200. The average molecular weight is 305 g/mol. The van der Waals surface area contributed by atoms with Gasteiger partial charge in [0, 0.05) is 5.38 Å². The Kier molecular flexibility index (Phi) is 4.93. The number of methoxy groups -OCH3 is 1. The molecule has 6 heteroatoms. The normalized spacial score (nSPS) is 13.5. The highest BCUT2D eigenvalue weighted by molar-refractivity contribution is 7.09. The van der Waals surface area contributed by atoms with Gasteiger partial charge in [-0.1, -0.05) is 12.1 Å². The maximum Gasteiger partial charge on any atom is 0.271 e. The summed E-state index contributed by atoms with van der Waals surface area (Å²) in [7, 11) is 1.62. The van der Waals surface area contributed by atoms with Crippen molar-refractivity contribution in [1.29, 1.82) is 0 Å². The predicted octanol–water partition coefficient (Wildman–Crippen LogP) is 2.66. The van der Waals surface area contributed by atoms with Crippen LogP contribution in [0.25, 0.3) is 0 Å². The highest BCUT2D eigenvalue weighted by Gasteiger charge is 2.16. The van der Waals surface area contributed by atoms with Gasteiger partial charge in [-0.05, 0) is 31.5 Å². The molecule has 0 aliphatic rings. The summed E-state index contributed by atoms with van der Waals surface area (Å²) in [5.41, 5.74) is 7.14. The van der Waals surface area contributed by atoms with Crippen LogP contribution in [0.2, 0.25) is 0 Å². The van der Waals surface area contributed by atoms with Gasteiger partial charge in [-0.15, -0.1) is 11.3 Å². The summed E-state index contributed by atoms with van der Waals surface area (Å²) in [6.45, 7) is 3.77. The van der Waals surface area contributed by atoms with Gasteiger partial charge >= 0.3 is 0 Å². The number of hydrogen-bond donors (Lipinski definition) is 2. The van der Waals surface area contributed by atoms with Crippen molar-refractivity contribution in [2.24, 2.45) is 5.73 Å². The van der Waals surface area contributed by atoms with Crippen molar-refractivity contribution < 1.29 is 9.53 Å². The summed E-state index contributed by atoms with van der Waals surface area (Å²) in [4.78, 5) is 16.4. The van der Waals surface area contributed by atoms with E-state index in [9.17, 15) is 4.79 Å². The molecule has 0 spiro atoms. The molecule has 0 saturated carbocycles. The highest BCUT2D eigenvalue weighted by atomic mass is 32.1.